The van der Waals surface area contributed by atoms with E-state index in [0.717, 1.165) is 5.56 Å². The summed E-state index contributed by atoms with van der Waals surface area (Å²) in [5.41, 5.74) is 12.3. The Hall–Kier alpha value is -2.87. The first-order valence-electron chi connectivity index (χ1n) is 11.6. The van der Waals surface area contributed by atoms with Crippen LogP contribution in [0.1, 0.15) is 31.2 Å². The highest BCUT2D eigenvalue weighted by atomic mass is 32.2. The number of phenolic OH excluding ortho intramolecular Hbond substituents is 1. The van der Waals surface area contributed by atoms with Gasteiger partial charge in [-0.1, -0.05) is 12.1 Å². The maximum absolute atomic E-state index is 13.1. The summed E-state index contributed by atoms with van der Waals surface area (Å²) in [7, 11) is 0. The first-order valence-corrected chi connectivity index (χ1v) is 13.0. The molecule has 0 aromatic heterocycles. The molecule has 0 fully saturated rings. The standard InChI is InChI=1S/C23H37N5O7S/c1-36-11-9-18(22(33)28-19(13-29)23(34)35)27-21(32)17(4-2-3-10-24)26-20(31)16(25)12-14-5-7-15(30)8-6-14/h5-8,16-19,29-30H,2-4,9-13,24-25H2,1H3,(H,26,31)(H,27,32)(H,28,33)(H,34,35). The van der Waals surface area contributed by atoms with Crippen molar-refractivity contribution in [2.24, 2.45) is 11.5 Å². The molecule has 1 aromatic carbocycles. The molecule has 4 atom stereocenters. The summed E-state index contributed by atoms with van der Waals surface area (Å²) < 4.78 is 0. The fourth-order valence-corrected chi connectivity index (χ4v) is 3.73. The topological polar surface area (TPSA) is 217 Å². The second-order valence-corrected chi connectivity index (χ2v) is 9.23. The van der Waals surface area contributed by atoms with Crippen LogP contribution in [-0.2, 0) is 25.6 Å². The van der Waals surface area contributed by atoms with Crippen LogP contribution in [0.4, 0.5) is 0 Å². The highest BCUT2D eigenvalue weighted by Gasteiger charge is 2.29. The fourth-order valence-electron chi connectivity index (χ4n) is 3.25. The van der Waals surface area contributed by atoms with Gasteiger partial charge in [0.1, 0.15) is 23.9 Å². The number of hydrogen-bond acceptors (Lipinski definition) is 9. The van der Waals surface area contributed by atoms with Gasteiger partial charge in [-0.2, -0.15) is 11.8 Å². The number of aliphatic carboxylic acids is 1. The van der Waals surface area contributed by atoms with E-state index in [-0.39, 0.29) is 25.0 Å². The third-order valence-corrected chi connectivity index (χ3v) is 5.99. The molecule has 0 aliphatic rings. The number of unbranched alkanes of at least 4 members (excludes halogenated alkanes) is 1. The Balaban J connectivity index is 2.92. The normalized spacial score (nSPS) is 14.2. The maximum atomic E-state index is 13.1. The number of phenols is 1. The number of benzene rings is 1. The van der Waals surface area contributed by atoms with Gasteiger partial charge < -0.3 is 42.7 Å². The quantitative estimate of drug-likeness (QED) is 0.112. The van der Waals surface area contributed by atoms with Crippen LogP contribution in [0.5, 0.6) is 5.75 Å². The molecule has 0 heterocycles. The molecule has 1 rings (SSSR count). The van der Waals surface area contributed by atoms with Gasteiger partial charge in [-0.25, -0.2) is 4.79 Å². The maximum Gasteiger partial charge on any atom is 0.328 e. The SMILES string of the molecule is CSCCC(NC(=O)C(CCCCN)NC(=O)C(N)Cc1ccc(O)cc1)C(=O)NC(CO)C(=O)O. The van der Waals surface area contributed by atoms with Crippen molar-refractivity contribution in [3.05, 3.63) is 29.8 Å². The number of hydrogen-bond donors (Lipinski definition) is 8. The molecular formula is C23H37N5O7S. The molecule has 0 radical (unpaired) electrons. The van der Waals surface area contributed by atoms with Crippen molar-refractivity contribution in [1.82, 2.24) is 16.0 Å². The number of aromatic hydroxyl groups is 1. The molecule has 36 heavy (non-hydrogen) atoms. The van der Waals surface area contributed by atoms with E-state index in [0.29, 0.717) is 25.1 Å². The number of thioether (sulfide) groups is 1. The number of carboxylic acid groups (broad SMARTS) is 1. The molecule has 1 aromatic rings. The van der Waals surface area contributed by atoms with Gasteiger partial charge in [0.2, 0.25) is 17.7 Å². The third-order valence-electron chi connectivity index (χ3n) is 5.35. The summed E-state index contributed by atoms with van der Waals surface area (Å²) in [6, 6.07) is 1.70. The zero-order valence-electron chi connectivity index (χ0n) is 20.3. The van der Waals surface area contributed by atoms with Crippen molar-refractivity contribution < 1.29 is 34.5 Å². The number of carbonyl (C=O) groups excluding carboxylic acids is 3. The van der Waals surface area contributed by atoms with Crippen LogP contribution < -0.4 is 27.4 Å². The van der Waals surface area contributed by atoms with Crippen molar-refractivity contribution >= 4 is 35.5 Å². The summed E-state index contributed by atoms with van der Waals surface area (Å²) in [5, 5.41) is 35.1. The lowest BCUT2D eigenvalue weighted by Crippen LogP contribution is -2.57. The highest BCUT2D eigenvalue weighted by Crippen LogP contribution is 2.11. The van der Waals surface area contributed by atoms with E-state index >= 15 is 0 Å². The number of nitrogens with two attached hydrogens (primary N) is 2. The fraction of sp³-hybridized carbons (Fsp3) is 0.565. The predicted molar refractivity (Wildman–Crippen MR) is 136 cm³/mol. The van der Waals surface area contributed by atoms with E-state index in [1.807, 2.05) is 6.26 Å². The minimum atomic E-state index is -1.51. The first kappa shape index (κ1) is 31.2. The van der Waals surface area contributed by atoms with Gasteiger partial charge in [0.15, 0.2) is 0 Å². The molecule has 12 nitrogen and oxygen atoms in total. The zero-order valence-corrected chi connectivity index (χ0v) is 21.1. The van der Waals surface area contributed by atoms with E-state index in [1.165, 1.54) is 23.9 Å². The molecule has 13 heteroatoms. The Morgan fingerprint density at radius 3 is 2.00 bits per heavy atom. The Bertz CT molecular complexity index is 856. The lowest BCUT2D eigenvalue weighted by atomic mass is 10.0. The van der Waals surface area contributed by atoms with Crippen molar-refractivity contribution in [2.75, 3.05) is 25.2 Å². The summed E-state index contributed by atoms with van der Waals surface area (Å²) in [4.78, 5) is 49.6. The lowest BCUT2D eigenvalue weighted by molar-refractivity contribution is -0.143. The van der Waals surface area contributed by atoms with Crippen molar-refractivity contribution in [3.63, 3.8) is 0 Å². The van der Waals surface area contributed by atoms with Crippen molar-refractivity contribution in [3.8, 4) is 5.75 Å². The minimum Gasteiger partial charge on any atom is -0.508 e. The van der Waals surface area contributed by atoms with E-state index in [4.69, 9.17) is 16.6 Å². The number of nitrogens with one attached hydrogen (secondary N) is 3. The van der Waals surface area contributed by atoms with E-state index in [1.54, 1.807) is 12.1 Å². The van der Waals surface area contributed by atoms with Crippen LogP contribution in [0.15, 0.2) is 24.3 Å². The molecule has 3 amide bonds. The Kier molecular flexibility index (Phi) is 14.5. The largest absolute Gasteiger partial charge is 0.508 e. The zero-order chi connectivity index (χ0) is 27.1. The summed E-state index contributed by atoms with van der Waals surface area (Å²) in [5.74, 6) is -2.76. The molecule has 202 valence electrons. The van der Waals surface area contributed by atoms with Crippen LogP contribution in [-0.4, -0.2) is 88.3 Å². The van der Waals surface area contributed by atoms with Gasteiger partial charge in [-0.15, -0.1) is 0 Å². The van der Waals surface area contributed by atoms with E-state index < -0.39 is 54.5 Å². The first-order chi connectivity index (χ1) is 17.1. The number of rotatable bonds is 17. The van der Waals surface area contributed by atoms with Gasteiger partial charge in [-0.05, 0) is 68.4 Å². The van der Waals surface area contributed by atoms with Crippen molar-refractivity contribution in [2.45, 2.75) is 56.3 Å². The Morgan fingerprint density at radius 1 is 0.917 bits per heavy atom. The second kappa shape index (κ2) is 16.7. The molecule has 0 aliphatic heterocycles. The molecule has 0 spiro atoms. The van der Waals surface area contributed by atoms with Crippen LogP contribution in [0.2, 0.25) is 0 Å². The number of aliphatic hydroxyl groups excluding tert-OH is 1. The molecular weight excluding hydrogens is 490 g/mol. The van der Waals surface area contributed by atoms with Crippen molar-refractivity contribution in [1.29, 1.82) is 0 Å². The van der Waals surface area contributed by atoms with Crippen LogP contribution in [0.3, 0.4) is 0 Å². The van der Waals surface area contributed by atoms with Crippen LogP contribution in [0.25, 0.3) is 0 Å². The smallest absolute Gasteiger partial charge is 0.328 e. The Labute approximate surface area is 214 Å². The van der Waals surface area contributed by atoms with Gasteiger partial charge in [-0.3, -0.25) is 14.4 Å². The van der Waals surface area contributed by atoms with Crippen LogP contribution >= 0.6 is 11.8 Å². The number of carbonyl (C=O) groups is 4. The molecule has 10 N–H and O–H groups in total. The van der Waals surface area contributed by atoms with Gasteiger partial charge >= 0.3 is 5.97 Å². The second-order valence-electron chi connectivity index (χ2n) is 8.25. The summed E-state index contributed by atoms with van der Waals surface area (Å²) in [6.45, 7) is -0.403. The Morgan fingerprint density at radius 2 is 1.47 bits per heavy atom. The van der Waals surface area contributed by atoms with E-state index in [9.17, 15) is 29.4 Å². The number of aliphatic hydroxyl groups is 1. The van der Waals surface area contributed by atoms with Gasteiger partial charge in [0.05, 0.1) is 12.6 Å². The molecule has 4 unspecified atom stereocenters. The predicted octanol–water partition coefficient (Wildman–Crippen LogP) is -1.32. The summed E-state index contributed by atoms with van der Waals surface area (Å²) >= 11 is 1.43. The molecule has 0 aliphatic carbocycles. The minimum absolute atomic E-state index is 0.0853. The van der Waals surface area contributed by atoms with E-state index in [2.05, 4.69) is 16.0 Å². The average molecular weight is 528 g/mol. The number of amides is 3. The number of carboxylic acids is 1. The van der Waals surface area contributed by atoms with Crippen LogP contribution in [0, 0.1) is 0 Å². The molecule has 0 saturated carbocycles. The monoisotopic (exact) mass is 527 g/mol. The average Bonchev–Trinajstić information content (AvgIpc) is 2.85. The highest BCUT2D eigenvalue weighted by molar-refractivity contribution is 7.98. The third kappa shape index (κ3) is 11.2. The van der Waals surface area contributed by atoms with Gasteiger partial charge in [0.25, 0.3) is 0 Å². The lowest BCUT2D eigenvalue weighted by Gasteiger charge is -2.25. The molecule has 0 bridgehead atoms. The van der Waals surface area contributed by atoms with Gasteiger partial charge in [0, 0.05) is 0 Å². The summed E-state index contributed by atoms with van der Waals surface area (Å²) in [6.07, 6.45) is 3.61. The molecule has 0 saturated heterocycles.